The number of anilines is 1. The summed E-state index contributed by atoms with van der Waals surface area (Å²) < 4.78 is 15.1. The molecule has 1 heterocycles. The highest BCUT2D eigenvalue weighted by Gasteiger charge is 2.04. The number of aliphatic hydroxyl groups excluding tert-OH is 1. The average molecular weight is 243 g/mol. The molecule has 0 spiro atoms. The summed E-state index contributed by atoms with van der Waals surface area (Å²) in [5.41, 5.74) is 0. The van der Waals surface area contributed by atoms with Gasteiger partial charge in [0.05, 0.1) is 40.1 Å². The lowest BCUT2D eigenvalue weighted by molar-refractivity contribution is 0.0991. The van der Waals surface area contributed by atoms with Crippen molar-refractivity contribution < 1.29 is 19.3 Å². The van der Waals surface area contributed by atoms with E-state index in [1.165, 1.54) is 14.2 Å². The Balaban J connectivity index is 2.46. The molecule has 17 heavy (non-hydrogen) atoms. The Kier molecular flexibility index (Phi) is 6.05. The van der Waals surface area contributed by atoms with Crippen LogP contribution in [0.25, 0.3) is 0 Å². The van der Waals surface area contributed by atoms with E-state index in [1.54, 1.807) is 6.07 Å². The van der Waals surface area contributed by atoms with Crippen molar-refractivity contribution in [1.82, 2.24) is 9.97 Å². The fourth-order valence-corrected chi connectivity index (χ4v) is 1.09. The Hall–Kier alpha value is -1.60. The Bertz CT molecular complexity index is 313. The Morgan fingerprint density at radius 3 is 2.35 bits per heavy atom. The molecule has 0 fully saturated rings. The number of aliphatic hydroxyl groups is 1. The van der Waals surface area contributed by atoms with Crippen LogP contribution in [-0.4, -0.2) is 55.7 Å². The molecule has 0 saturated heterocycles. The van der Waals surface area contributed by atoms with Gasteiger partial charge in [-0.05, 0) is 0 Å². The van der Waals surface area contributed by atoms with Crippen molar-refractivity contribution in [3.63, 3.8) is 0 Å². The highest BCUT2D eigenvalue weighted by atomic mass is 16.5. The van der Waals surface area contributed by atoms with Gasteiger partial charge in [-0.15, -0.1) is 0 Å². The summed E-state index contributed by atoms with van der Waals surface area (Å²) >= 11 is 0. The molecule has 2 N–H and O–H groups in total. The number of methoxy groups -OCH3 is 2. The first-order chi connectivity index (χ1) is 8.30. The van der Waals surface area contributed by atoms with Crippen molar-refractivity contribution >= 4 is 5.95 Å². The smallest absolute Gasteiger partial charge is 0.229 e. The van der Waals surface area contributed by atoms with Crippen molar-refractivity contribution in [2.45, 2.75) is 0 Å². The quantitative estimate of drug-likeness (QED) is 0.617. The lowest BCUT2D eigenvalue weighted by Crippen LogP contribution is -2.13. The molecule has 0 amide bonds. The average Bonchev–Trinajstić information content (AvgIpc) is 2.38. The van der Waals surface area contributed by atoms with Gasteiger partial charge in [-0.3, -0.25) is 0 Å². The lowest BCUT2D eigenvalue weighted by atomic mass is 10.6. The summed E-state index contributed by atoms with van der Waals surface area (Å²) in [6.45, 7) is 1.34. The van der Waals surface area contributed by atoms with Crippen LogP contribution < -0.4 is 14.8 Å². The maximum Gasteiger partial charge on any atom is 0.229 e. The van der Waals surface area contributed by atoms with E-state index in [1.807, 2.05) is 0 Å². The van der Waals surface area contributed by atoms with E-state index in [9.17, 15) is 0 Å². The van der Waals surface area contributed by atoms with E-state index < -0.39 is 0 Å². The molecule has 1 rings (SSSR count). The Labute approximate surface area is 99.7 Å². The van der Waals surface area contributed by atoms with Crippen LogP contribution in [0.3, 0.4) is 0 Å². The first-order valence-electron chi connectivity index (χ1n) is 5.19. The molecule has 0 aliphatic rings. The standard InChI is InChI=1S/C10H17N3O4/c1-15-8-7-9(16-2)13-10(12-8)11-3-5-17-6-4-14/h7,14H,3-6H2,1-2H3,(H,11,12,13). The SMILES string of the molecule is COc1cc(OC)nc(NCCOCCO)n1. The molecule has 7 heteroatoms. The first-order valence-corrected chi connectivity index (χ1v) is 5.19. The number of rotatable bonds is 8. The van der Waals surface area contributed by atoms with E-state index in [2.05, 4.69) is 15.3 Å². The number of aromatic nitrogens is 2. The van der Waals surface area contributed by atoms with Gasteiger partial charge in [-0.2, -0.15) is 9.97 Å². The van der Waals surface area contributed by atoms with Gasteiger partial charge in [-0.1, -0.05) is 0 Å². The molecule has 0 atom stereocenters. The molecule has 0 aromatic carbocycles. The summed E-state index contributed by atoms with van der Waals surface area (Å²) in [5, 5.41) is 11.5. The van der Waals surface area contributed by atoms with Gasteiger partial charge >= 0.3 is 0 Å². The number of hydrogen-bond acceptors (Lipinski definition) is 7. The molecule has 7 nitrogen and oxygen atoms in total. The van der Waals surface area contributed by atoms with E-state index >= 15 is 0 Å². The van der Waals surface area contributed by atoms with E-state index in [0.717, 1.165) is 0 Å². The maximum atomic E-state index is 8.52. The van der Waals surface area contributed by atoms with Crippen molar-refractivity contribution in [3.8, 4) is 11.8 Å². The Morgan fingerprint density at radius 2 is 1.82 bits per heavy atom. The molecule has 0 bridgehead atoms. The largest absolute Gasteiger partial charge is 0.481 e. The van der Waals surface area contributed by atoms with Crippen LogP contribution in [0.15, 0.2) is 6.07 Å². The van der Waals surface area contributed by atoms with Crippen LogP contribution in [0.1, 0.15) is 0 Å². The fraction of sp³-hybridized carbons (Fsp3) is 0.600. The molecule has 1 aromatic rings. The number of nitrogens with one attached hydrogen (secondary N) is 1. The molecule has 0 saturated carbocycles. The molecule has 0 aliphatic heterocycles. The van der Waals surface area contributed by atoms with Crippen molar-refractivity contribution in [2.75, 3.05) is 45.9 Å². The van der Waals surface area contributed by atoms with Crippen molar-refractivity contribution in [1.29, 1.82) is 0 Å². The highest BCUT2D eigenvalue weighted by Crippen LogP contribution is 2.16. The third kappa shape index (κ3) is 4.83. The van der Waals surface area contributed by atoms with E-state index in [4.69, 9.17) is 19.3 Å². The van der Waals surface area contributed by atoms with Gasteiger partial charge in [0.25, 0.3) is 0 Å². The van der Waals surface area contributed by atoms with Gasteiger partial charge in [0.15, 0.2) is 0 Å². The summed E-state index contributed by atoms with van der Waals surface area (Å²) in [4.78, 5) is 8.18. The van der Waals surface area contributed by atoms with Gasteiger partial charge < -0.3 is 24.6 Å². The van der Waals surface area contributed by atoms with Crippen LogP contribution in [0.2, 0.25) is 0 Å². The summed E-state index contributed by atoms with van der Waals surface area (Å²) in [5.74, 6) is 1.26. The predicted molar refractivity (Wildman–Crippen MR) is 61.5 cm³/mol. The monoisotopic (exact) mass is 243 g/mol. The summed E-state index contributed by atoms with van der Waals surface area (Å²) in [6.07, 6.45) is 0. The second-order valence-electron chi connectivity index (χ2n) is 3.04. The third-order valence-corrected chi connectivity index (χ3v) is 1.86. The van der Waals surface area contributed by atoms with Crippen molar-refractivity contribution in [3.05, 3.63) is 6.07 Å². The first kappa shape index (κ1) is 13.5. The molecule has 0 aliphatic carbocycles. The minimum atomic E-state index is 0.0173. The minimum absolute atomic E-state index is 0.0173. The number of nitrogens with zero attached hydrogens (tertiary/aromatic N) is 2. The van der Waals surface area contributed by atoms with Gasteiger partial charge in [-0.25, -0.2) is 0 Å². The third-order valence-electron chi connectivity index (χ3n) is 1.86. The zero-order chi connectivity index (χ0) is 12.5. The lowest BCUT2D eigenvalue weighted by Gasteiger charge is -2.08. The fourth-order valence-electron chi connectivity index (χ4n) is 1.09. The normalized spacial score (nSPS) is 10.1. The second kappa shape index (κ2) is 7.64. The van der Waals surface area contributed by atoms with E-state index in [0.29, 0.717) is 37.5 Å². The minimum Gasteiger partial charge on any atom is -0.481 e. The van der Waals surface area contributed by atoms with Crippen LogP contribution >= 0.6 is 0 Å². The van der Waals surface area contributed by atoms with Crippen molar-refractivity contribution in [2.24, 2.45) is 0 Å². The van der Waals surface area contributed by atoms with Crippen LogP contribution in [0.5, 0.6) is 11.8 Å². The summed E-state index contributed by atoms with van der Waals surface area (Å²) in [6, 6.07) is 1.59. The zero-order valence-corrected chi connectivity index (χ0v) is 9.97. The highest BCUT2D eigenvalue weighted by molar-refractivity contribution is 5.33. The Morgan fingerprint density at radius 1 is 1.18 bits per heavy atom. The molecule has 0 unspecified atom stereocenters. The predicted octanol–water partition coefficient (Wildman–Crippen LogP) is -0.0854. The van der Waals surface area contributed by atoms with Gasteiger partial charge in [0, 0.05) is 6.54 Å². The molecular weight excluding hydrogens is 226 g/mol. The topological polar surface area (TPSA) is 85.7 Å². The van der Waals surface area contributed by atoms with Crippen LogP contribution in [-0.2, 0) is 4.74 Å². The zero-order valence-electron chi connectivity index (χ0n) is 9.97. The molecule has 1 aromatic heterocycles. The van der Waals surface area contributed by atoms with Crippen LogP contribution in [0, 0.1) is 0 Å². The maximum absolute atomic E-state index is 8.52. The van der Waals surface area contributed by atoms with E-state index in [-0.39, 0.29) is 6.61 Å². The molecule has 96 valence electrons. The van der Waals surface area contributed by atoms with Gasteiger partial charge in [0.1, 0.15) is 0 Å². The second-order valence-corrected chi connectivity index (χ2v) is 3.04. The van der Waals surface area contributed by atoms with Crippen LogP contribution in [0.4, 0.5) is 5.95 Å². The number of ether oxygens (including phenoxy) is 3. The number of hydrogen-bond donors (Lipinski definition) is 2. The molecule has 0 radical (unpaired) electrons. The van der Waals surface area contributed by atoms with Gasteiger partial charge in [0.2, 0.25) is 17.7 Å². The summed E-state index contributed by atoms with van der Waals surface area (Å²) in [7, 11) is 3.05. The molecular formula is C10H17N3O4.